The van der Waals surface area contributed by atoms with Crippen LogP contribution in [0.15, 0.2) is 0 Å². The summed E-state index contributed by atoms with van der Waals surface area (Å²) in [6.07, 6.45) is -5.96. The molecule has 0 aromatic carbocycles. The van der Waals surface area contributed by atoms with Gasteiger partial charge in [-0.2, -0.15) is 13.2 Å². The van der Waals surface area contributed by atoms with Crippen LogP contribution in [-0.2, 0) is 4.79 Å². The molecule has 1 fully saturated rings. The Morgan fingerprint density at radius 3 is 2.50 bits per heavy atom. The van der Waals surface area contributed by atoms with Crippen molar-refractivity contribution in [2.45, 2.75) is 24.7 Å². The Labute approximate surface area is 77.9 Å². The quantitative estimate of drug-likeness (QED) is 0.617. The Bertz CT molecular complexity index is 231. The van der Waals surface area contributed by atoms with Crippen molar-refractivity contribution in [2.75, 3.05) is 13.2 Å². The van der Waals surface area contributed by atoms with Crippen LogP contribution in [0, 0.1) is 0 Å². The lowest BCUT2D eigenvalue weighted by molar-refractivity contribution is -0.187. The third-order valence-corrected chi connectivity index (χ3v) is 2.20. The highest BCUT2D eigenvalue weighted by molar-refractivity contribution is 5.82. The molecule has 4 nitrogen and oxygen atoms in total. The molecule has 2 atom stereocenters. The lowest BCUT2D eigenvalue weighted by atomic mass is 10.2. The smallest absolute Gasteiger partial charge is 0.394 e. The van der Waals surface area contributed by atoms with Crippen LogP contribution in [0.4, 0.5) is 13.2 Å². The molecule has 1 rings (SSSR count). The molecule has 7 heteroatoms. The van der Waals surface area contributed by atoms with Gasteiger partial charge in [-0.25, -0.2) is 0 Å². The van der Waals surface area contributed by atoms with E-state index >= 15 is 0 Å². The van der Waals surface area contributed by atoms with E-state index in [2.05, 4.69) is 0 Å². The summed E-state index contributed by atoms with van der Waals surface area (Å²) >= 11 is 0. The van der Waals surface area contributed by atoms with E-state index in [-0.39, 0.29) is 13.0 Å². The fraction of sp³-hybridized carbons (Fsp3) is 0.857. The summed E-state index contributed by atoms with van der Waals surface area (Å²) in [6, 6.07) is -1.14. The number of hydrogen-bond donors (Lipinski definition) is 2. The number of hydrogen-bond acceptors (Lipinski definition) is 3. The summed E-state index contributed by atoms with van der Waals surface area (Å²) in [7, 11) is 0. The first-order valence-electron chi connectivity index (χ1n) is 4.04. The third kappa shape index (κ3) is 1.98. The van der Waals surface area contributed by atoms with E-state index in [0.717, 1.165) is 0 Å². The number of likely N-dealkylation sites (tertiary alicyclic amines) is 1. The number of carbonyl (C=O) groups is 1. The van der Waals surface area contributed by atoms with Crippen molar-refractivity contribution in [3.63, 3.8) is 0 Å². The fourth-order valence-corrected chi connectivity index (χ4v) is 1.47. The van der Waals surface area contributed by atoms with Gasteiger partial charge >= 0.3 is 12.1 Å². The first kappa shape index (κ1) is 11.3. The summed E-state index contributed by atoms with van der Waals surface area (Å²) in [4.78, 5) is 11.2. The number of halogens is 3. The normalized spacial score (nSPS) is 28.2. The van der Waals surface area contributed by atoms with Crippen LogP contribution in [0.25, 0.3) is 0 Å². The summed E-state index contributed by atoms with van der Waals surface area (Å²) in [5, 5.41) is 17.9. The van der Waals surface area contributed by atoms with Crippen LogP contribution in [0.2, 0.25) is 0 Å². The van der Waals surface area contributed by atoms with Gasteiger partial charge in [-0.3, -0.25) is 4.79 Å². The first-order chi connectivity index (χ1) is 6.38. The maximum absolute atomic E-state index is 12.0. The van der Waals surface area contributed by atoms with Crippen molar-refractivity contribution in [3.05, 3.63) is 0 Å². The van der Waals surface area contributed by atoms with E-state index in [0.29, 0.717) is 4.90 Å². The molecule has 1 unspecified atom stereocenters. The van der Waals surface area contributed by atoms with Gasteiger partial charge in [0.25, 0.3) is 0 Å². The number of amides is 1. The van der Waals surface area contributed by atoms with E-state index in [4.69, 9.17) is 10.2 Å². The maximum atomic E-state index is 12.0. The largest absolute Gasteiger partial charge is 0.471 e. The molecule has 0 spiro atoms. The minimum absolute atomic E-state index is 0.0625. The minimum atomic E-state index is -4.95. The van der Waals surface area contributed by atoms with Crippen LogP contribution >= 0.6 is 0 Å². The third-order valence-electron chi connectivity index (χ3n) is 2.20. The topological polar surface area (TPSA) is 60.8 Å². The van der Waals surface area contributed by atoms with Gasteiger partial charge in [0, 0.05) is 6.54 Å². The molecule has 0 aromatic heterocycles. The average Bonchev–Trinajstić information content (AvgIpc) is 2.43. The van der Waals surface area contributed by atoms with E-state index < -0.39 is 30.8 Å². The molecule has 14 heavy (non-hydrogen) atoms. The van der Waals surface area contributed by atoms with Crippen molar-refractivity contribution in [2.24, 2.45) is 0 Å². The zero-order chi connectivity index (χ0) is 10.9. The van der Waals surface area contributed by atoms with Crippen molar-refractivity contribution in [3.8, 4) is 0 Å². The highest BCUT2D eigenvalue weighted by Gasteiger charge is 2.48. The zero-order valence-electron chi connectivity index (χ0n) is 7.16. The Balaban J connectivity index is 2.74. The van der Waals surface area contributed by atoms with E-state index in [1.807, 2.05) is 0 Å². The second-order valence-corrected chi connectivity index (χ2v) is 3.10. The van der Waals surface area contributed by atoms with Crippen molar-refractivity contribution < 1.29 is 28.2 Å². The molecule has 1 amide bonds. The Hall–Kier alpha value is -0.820. The summed E-state index contributed by atoms with van der Waals surface area (Å²) in [5.41, 5.74) is 0. The highest BCUT2D eigenvalue weighted by atomic mass is 19.4. The van der Waals surface area contributed by atoms with Gasteiger partial charge < -0.3 is 15.1 Å². The van der Waals surface area contributed by atoms with Crippen molar-refractivity contribution >= 4 is 5.91 Å². The second-order valence-electron chi connectivity index (χ2n) is 3.10. The summed E-state index contributed by atoms with van der Waals surface area (Å²) in [6.45, 7) is -0.840. The molecular weight excluding hydrogens is 203 g/mol. The highest BCUT2D eigenvalue weighted by Crippen LogP contribution is 2.25. The maximum Gasteiger partial charge on any atom is 0.471 e. The number of alkyl halides is 3. The SMILES string of the molecule is O=C(N1CCC(O)[C@H]1CO)C(F)(F)F. The Morgan fingerprint density at radius 2 is 2.07 bits per heavy atom. The van der Waals surface area contributed by atoms with Gasteiger partial charge in [0.1, 0.15) is 0 Å². The van der Waals surface area contributed by atoms with Crippen molar-refractivity contribution in [1.29, 1.82) is 0 Å². The van der Waals surface area contributed by atoms with Gasteiger partial charge in [-0.05, 0) is 6.42 Å². The number of carbonyl (C=O) groups excluding carboxylic acids is 1. The standard InChI is InChI=1S/C7H10F3NO3/c8-7(9,10)6(14)11-2-1-5(13)4(11)3-12/h4-5,12-13H,1-3H2/t4-,5?/m1/s1. The molecule has 82 valence electrons. The molecule has 1 saturated heterocycles. The van der Waals surface area contributed by atoms with Gasteiger partial charge in [0.2, 0.25) is 0 Å². The van der Waals surface area contributed by atoms with Crippen LogP contribution in [0.5, 0.6) is 0 Å². The molecule has 2 N–H and O–H groups in total. The van der Waals surface area contributed by atoms with E-state index in [1.54, 1.807) is 0 Å². The average molecular weight is 213 g/mol. The summed E-state index contributed by atoms with van der Waals surface area (Å²) < 4.78 is 35.9. The fourth-order valence-electron chi connectivity index (χ4n) is 1.47. The first-order valence-corrected chi connectivity index (χ1v) is 4.04. The molecule has 0 aliphatic carbocycles. The molecule has 0 radical (unpaired) electrons. The van der Waals surface area contributed by atoms with Crippen LogP contribution < -0.4 is 0 Å². The Kier molecular flexibility index (Phi) is 3.01. The predicted molar refractivity (Wildman–Crippen MR) is 39.3 cm³/mol. The Morgan fingerprint density at radius 1 is 1.50 bits per heavy atom. The molecule has 1 heterocycles. The number of rotatable bonds is 1. The summed E-state index contributed by atoms with van der Waals surface area (Å²) in [5.74, 6) is -2.01. The molecule has 1 aliphatic rings. The molecule has 0 aromatic rings. The van der Waals surface area contributed by atoms with Gasteiger partial charge in [-0.1, -0.05) is 0 Å². The zero-order valence-corrected chi connectivity index (χ0v) is 7.16. The molecule has 0 bridgehead atoms. The van der Waals surface area contributed by atoms with Crippen LogP contribution in [-0.4, -0.2) is 52.5 Å². The predicted octanol–water partition coefficient (Wildman–Crippen LogP) is -0.497. The van der Waals surface area contributed by atoms with Crippen LogP contribution in [0.1, 0.15) is 6.42 Å². The lowest BCUT2D eigenvalue weighted by Crippen LogP contribution is -2.47. The lowest BCUT2D eigenvalue weighted by Gasteiger charge is -2.25. The number of aliphatic hydroxyl groups excluding tert-OH is 2. The van der Waals surface area contributed by atoms with E-state index in [9.17, 15) is 18.0 Å². The number of aliphatic hydroxyl groups is 2. The van der Waals surface area contributed by atoms with E-state index in [1.165, 1.54) is 0 Å². The molecule has 1 aliphatic heterocycles. The second kappa shape index (κ2) is 3.74. The van der Waals surface area contributed by atoms with Crippen LogP contribution in [0.3, 0.4) is 0 Å². The monoisotopic (exact) mass is 213 g/mol. The van der Waals surface area contributed by atoms with Crippen molar-refractivity contribution in [1.82, 2.24) is 4.90 Å². The molecular formula is C7H10F3NO3. The van der Waals surface area contributed by atoms with Gasteiger partial charge in [-0.15, -0.1) is 0 Å². The minimum Gasteiger partial charge on any atom is -0.394 e. The van der Waals surface area contributed by atoms with Gasteiger partial charge in [0.15, 0.2) is 0 Å². The number of nitrogens with zero attached hydrogens (tertiary/aromatic N) is 1. The van der Waals surface area contributed by atoms with Gasteiger partial charge in [0.05, 0.1) is 18.8 Å². The molecule has 0 saturated carbocycles.